The van der Waals surface area contributed by atoms with Gasteiger partial charge in [0, 0.05) is 88.4 Å². The number of carbonyl (C=O) groups is 9. The molecule has 4 amide bonds. The number of aliphatic hydroxyl groups is 3. The molecule has 85 heavy (non-hydrogen) atoms. The van der Waals surface area contributed by atoms with Crippen molar-refractivity contribution in [2.75, 3.05) is 20.2 Å². The second-order valence-electron chi connectivity index (χ2n) is 24.2. The fourth-order valence-corrected chi connectivity index (χ4v) is 10.4. The Morgan fingerprint density at radius 2 is 1.54 bits per heavy atom. The minimum Gasteiger partial charge on any atom is -0.459 e. The minimum absolute atomic E-state index is 0.0387. The maximum Gasteiger partial charge on any atom is 0.347 e. The van der Waals surface area contributed by atoms with E-state index in [1.165, 1.54) is 13.2 Å². The second-order valence-corrected chi connectivity index (χ2v) is 24.6. The molecule has 3 heterocycles. The van der Waals surface area contributed by atoms with Gasteiger partial charge in [-0.25, -0.2) is 4.79 Å². The third-order valence-corrected chi connectivity index (χ3v) is 16.3. The predicted molar refractivity (Wildman–Crippen MR) is 313 cm³/mol. The maximum absolute atomic E-state index is 14.1. The second kappa shape index (κ2) is 32.7. The minimum atomic E-state index is -1.61. The predicted octanol–water partition coefficient (Wildman–Crippen LogP) is 5.14. The van der Waals surface area contributed by atoms with Crippen molar-refractivity contribution >= 4 is 64.5 Å². The lowest BCUT2D eigenvalue weighted by Crippen LogP contribution is -2.60. The maximum atomic E-state index is 14.1. The molecule has 0 unspecified atom stereocenters. The summed E-state index contributed by atoms with van der Waals surface area (Å²) in [6, 6.07) is 10.6. The summed E-state index contributed by atoms with van der Waals surface area (Å²) >= 11 is 6.40. The van der Waals surface area contributed by atoms with Crippen molar-refractivity contribution < 1.29 is 82.2 Å². The van der Waals surface area contributed by atoms with Gasteiger partial charge in [0.1, 0.15) is 54.2 Å². The van der Waals surface area contributed by atoms with Gasteiger partial charge in [0.25, 0.3) is 0 Å². The molecule has 0 saturated carbocycles. The fraction of sp³-hybridized carbons (Fsp3) is 0.635. The summed E-state index contributed by atoms with van der Waals surface area (Å²) in [6.07, 6.45) is -6.03. The lowest BCUT2D eigenvalue weighted by Gasteiger charge is -2.39. The van der Waals surface area contributed by atoms with Crippen molar-refractivity contribution in [2.24, 2.45) is 29.1 Å². The number of methoxy groups -OCH3 is 1. The Morgan fingerprint density at radius 3 is 2.19 bits per heavy atom. The van der Waals surface area contributed by atoms with Crippen molar-refractivity contribution in [1.82, 2.24) is 21.3 Å². The van der Waals surface area contributed by atoms with Gasteiger partial charge in [-0.05, 0) is 92.7 Å². The fourth-order valence-electron chi connectivity index (χ4n) is 10.2. The lowest BCUT2D eigenvalue weighted by atomic mass is 9.88. The Balaban J connectivity index is 1.28. The van der Waals surface area contributed by atoms with Crippen LogP contribution in [0.2, 0.25) is 5.02 Å². The molecule has 21 nitrogen and oxygen atoms in total. The van der Waals surface area contributed by atoms with Crippen LogP contribution in [-0.2, 0) is 79.7 Å². The van der Waals surface area contributed by atoms with E-state index in [1.54, 1.807) is 46.8 Å². The van der Waals surface area contributed by atoms with E-state index in [2.05, 4.69) is 21.3 Å². The quantitative estimate of drug-likeness (QED) is 0.0450. The standard InChI is InChI=1S/C63H89ClN4O17/c1-11-41(69)14-12-15-42(70)31-43(35(4)5)58(77)68-45(25-27-51(72)65-32-50-53(74)54(75)55(76)61(81-10)83-50)47(71)26-22-38-20-23-40(24-21-38)57-56(85-57)37(7)48-16-13-17-52(73)67-46(30-39-19-18-36(6)44(64)29-39)59(78)66-33-63(8,9)62(80)84-49(28-34(2)3)60(79)82-48/h13,17-21,23-24,29,34-35,37,43,45-46,48-50,53-57,61,74-76H,11-12,14-16,22,25-28,30-33H2,1-10H3,(H,65,72)(H,66,78)(H,67,73)(H,68,77)/b17-13+/t37-,43-,45-,46+,48-,49-,50+,53+,54-,55+,56+,57+,61+/m0/s1. The van der Waals surface area contributed by atoms with Crippen molar-refractivity contribution in [3.05, 3.63) is 81.9 Å². The molecule has 2 aromatic carbocycles. The Morgan fingerprint density at radius 1 is 0.859 bits per heavy atom. The Hall–Kier alpha value is -5.94. The Kier molecular flexibility index (Phi) is 26.9. The molecule has 0 aromatic heterocycles. The topological polar surface area (TPSA) is 312 Å². The van der Waals surface area contributed by atoms with Gasteiger partial charge < -0.3 is 60.3 Å². The van der Waals surface area contributed by atoms with Crippen LogP contribution in [0, 0.1) is 36.0 Å². The van der Waals surface area contributed by atoms with E-state index in [0.29, 0.717) is 23.4 Å². The van der Waals surface area contributed by atoms with Crippen LogP contribution in [0.4, 0.5) is 0 Å². The number of hydrogen-bond acceptors (Lipinski definition) is 17. The number of ketones is 3. The van der Waals surface area contributed by atoms with Crippen LogP contribution < -0.4 is 21.3 Å². The number of nitrogens with one attached hydrogen (secondary N) is 4. The molecule has 2 fully saturated rings. The van der Waals surface area contributed by atoms with Crippen molar-refractivity contribution in [2.45, 2.75) is 207 Å². The molecule has 22 heteroatoms. The number of hydrogen-bond donors (Lipinski definition) is 7. The van der Waals surface area contributed by atoms with Gasteiger partial charge in [-0.2, -0.15) is 0 Å². The molecule has 13 atom stereocenters. The van der Waals surface area contributed by atoms with E-state index in [-0.39, 0.29) is 106 Å². The van der Waals surface area contributed by atoms with E-state index in [4.69, 9.17) is 35.3 Å². The van der Waals surface area contributed by atoms with Crippen LogP contribution in [0.5, 0.6) is 0 Å². The van der Waals surface area contributed by atoms with E-state index < -0.39 is 120 Å². The number of aliphatic hydroxyl groups excluding tert-OH is 3. The molecular weight excluding hydrogens is 1120 g/mol. The number of ether oxygens (including phenoxy) is 5. The molecule has 0 aliphatic carbocycles. The highest BCUT2D eigenvalue weighted by Crippen LogP contribution is 2.45. The highest BCUT2D eigenvalue weighted by molar-refractivity contribution is 6.31. The van der Waals surface area contributed by atoms with E-state index >= 15 is 0 Å². The van der Waals surface area contributed by atoms with Crippen molar-refractivity contribution in [1.29, 1.82) is 0 Å². The average Bonchev–Trinajstić information content (AvgIpc) is 2.86. The summed E-state index contributed by atoms with van der Waals surface area (Å²) in [5, 5.41) is 42.4. The number of epoxide rings is 1. The van der Waals surface area contributed by atoms with E-state index in [0.717, 1.165) is 16.7 Å². The zero-order chi connectivity index (χ0) is 62.9. The highest BCUT2D eigenvalue weighted by atomic mass is 35.5. The van der Waals surface area contributed by atoms with E-state index in [1.807, 2.05) is 64.1 Å². The summed E-state index contributed by atoms with van der Waals surface area (Å²) in [7, 11) is 1.25. The van der Waals surface area contributed by atoms with Gasteiger partial charge in [0.2, 0.25) is 23.6 Å². The summed E-state index contributed by atoms with van der Waals surface area (Å²) in [4.78, 5) is 121. The smallest absolute Gasteiger partial charge is 0.347 e. The number of cyclic esters (lactones) is 2. The van der Waals surface area contributed by atoms with Gasteiger partial charge in [-0.1, -0.05) is 95.6 Å². The molecule has 3 aliphatic heterocycles. The molecule has 470 valence electrons. The van der Waals surface area contributed by atoms with Gasteiger partial charge in [0.15, 0.2) is 18.2 Å². The largest absolute Gasteiger partial charge is 0.459 e. The first-order valence-corrected chi connectivity index (χ1v) is 30.0. The molecule has 5 rings (SSSR count). The molecule has 0 spiro atoms. The molecule has 7 N–H and O–H groups in total. The number of aryl methyl sites for hydroxylation is 2. The molecule has 2 aromatic rings. The number of rotatable bonds is 27. The highest BCUT2D eigenvalue weighted by Gasteiger charge is 2.48. The number of amides is 4. The van der Waals surface area contributed by atoms with Crippen LogP contribution >= 0.6 is 11.6 Å². The average molecular weight is 1210 g/mol. The molecule has 0 radical (unpaired) electrons. The molecule has 0 bridgehead atoms. The zero-order valence-corrected chi connectivity index (χ0v) is 51.4. The molecule has 2 saturated heterocycles. The monoisotopic (exact) mass is 1210 g/mol. The molecular formula is C63H89ClN4O17. The summed E-state index contributed by atoms with van der Waals surface area (Å²) in [6.45, 7) is 15.5. The third-order valence-electron chi connectivity index (χ3n) is 15.9. The number of carbonyl (C=O) groups excluding carboxylic acids is 9. The number of esters is 2. The molecule has 3 aliphatic rings. The normalized spacial score (nSPS) is 26.2. The van der Waals surface area contributed by atoms with Crippen LogP contribution in [0.1, 0.15) is 148 Å². The first-order chi connectivity index (χ1) is 40.1. The van der Waals surface area contributed by atoms with Gasteiger partial charge in [-0.15, -0.1) is 0 Å². The SMILES string of the molecule is CCC(=O)CCCC(=O)C[C@H](C(=O)N[C@@H](CCC(=O)NC[C@H]1O[C@@H](OC)[C@H](O)[C@@H](O)[C@@H]1O)C(=O)CCc1ccc([C@H]2O[C@@H]2[C@@H](C)[C@@H]2C/C=C/C(=O)N[C@H](Cc3ccc(C)c(Cl)c3)C(=O)NCC(C)(C)C(=O)O[C@@H](CC(C)C)C(=O)O2)cc1)C(C)C. The Labute approximate surface area is 503 Å². The van der Waals surface area contributed by atoms with Gasteiger partial charge >= 0.3 is 11.9 Å². The van der Waals surface area contributed by atoms with Gasteiger partial charge in [0.05, 0.1) is 17.6 Å². The van der Waals surface area contributed by atoms with Crippen LogP contribution in [0.3, 0.4) is 0 Å². The van der Waals surface area contributed by atoms with Crippen molar-refractivity contribution in [3.8, 4) is 0 Å². The Bertz CT molecular complexity index is 2680. The summed E-state index contributed by atoms with van der Waals surface area (Å²) in [5.41, 5.74) is 1.83. The van der Waals surface area contributed by atoms with Crippen molar-refractivity contribution in [3.63, 3.8) is 0 Å². The van der Waals surface area contributed by atoms with E-state index in [9.17, 15) is 58.5 Å². The van der Waals surface area contributed by atoms with Gasteiger partial charge in [-0.3, -0.25) is 38.4 Å². The lowest BCUT2D eigenvalue weighted by molar-refractivity contribution is -0.288. The summed E-state index contributed by atoms with van der Waals surface area (Å²) < 4.78 is 28.8. The number of halogens is 1. The zero-order valence-electron chi connectivity index (χ0n) is 50.7. The summed E-state index contributed by atoms with van der Waals surface area (Å²) in [5.74, 6) is -5.82. The first-order valence-electron chi connectivity index (χ1n) is 29.6. The third kappa shape index (κ3) is 21.2. The number of benzene rings is 2. The number of Topliss-reactive ketones (excluding diaryl/α,β-unsaturated/α-hetero) is 3. The van der Waals surface area contributed by atoms with Crippen LogP contribution in [0.25, 0.3) is 0 Å². The van der Waals surface area contributed by atoms with Crippen LogP contribution in [0.15, 0.2) is 54.6 Å². The first kappa shape index (κ1) is 69.8. The van der Waals surface area contributed by atoms with Crippen LogP contribution in [-0.4, -0.2) is 150 Å².